The van der Waals surface area contributed by atoms with Crippen LogP contribution >= 0.6 is 23.2 Å². The molecule has 1 aliphatic heterocycles. The number of anilines is 1. The first-order valence-corrected chi connectivity index (χ1v) is 10.0. The minimum absolute atomic E-state index is 0.0249. The maximum atomic E-state index is 12.4. The second-order valence-corrected chi connectivity index (χ2v) is 7.56. The smallest absolute Gasteiger partial charge is 0.268 e. The molecule has 0 saturated carbocycles. The van der Waals surface area contributed by atoms with E-state index in [4.69, 9.17) is 23.2 Å². The highest BCUT2D eigenvalue weighted by atomic mass is 35.5. The third-order valence-corrected chi connectivity index (χ3v) is 4.95. The van der Waals surface area contributed by atoms with Crippen LogP contribution in [0.15, 0.2) is 28.2 Å². The zero-order valence-electron chi connectivity index (χ0n) is 16.4. The van der Waals surface area contributed by atoms with Crippen molar-refractivity contribution in [3.05, 3.63) is 28.2 Å². The van der Waals surface area contributed by atoms with Gasteiger partial charge in [-0.05, 0) is 44.9 Å². The van der Waals surface area contributed by atoms with Crippen molar-refractivity contribution in [2.24, 2.45) is 15.9 Å². The predicted octanol–water partition coefficient (Wildman–Crippen LogP) is 3.60. The summed E-state index contributed by atoms with van der Waals surface area (Å²) in [4.78, 5) is 34.3. The number of hydrogen-bond acceptors (Lipinski definition) is 3. The van der Waals surface area contributed by atoms with E-state index in [1.165, 1.54) is 0 Å². The lowest BCUT2D eigenvalue weighted by molar-refractivity contribution is -0.121. The largest absolute Gasteiger partial charge is 0.353 e. The second kappa shape index (κ2) is 9.89. The van der Waals surface area contributed by atoms with Gasteiger partial charge in [-0.2, -0.15) is 9.98 Å². The van der Waals surface area contributed by atoms with E-state index < -0.39 is 0 Å². The average molecular weight is 426 g/mol. The number of carbonyl (C=O) groups is 2. The minimum atomic E-state index is -0.316. The lowest BCUT2D eigenvalue weighted by Crippen LogP contribution is -2.49. The average Bonchev–Trinajstić information content (AvgIpc) is 2.98. The van der Waals surface area contributed by atoms with Crippen molar-refractivity contribution in [3.8, 4) is 0 Å². The summed E-state index contributed by atoms with van der Waals surface area (Å²) >= 11 is 12.1. The number of nitrogens with zero attached hydrogens (tertiary/aromatic N) is 3. The summed E-state index contributed by atoms with van der Waals surface area (Å²) in [6.45, 7) is 7.82. The number of hydrogen-bond donors (Lipinski definition) is 2. The molecule has 1 aliphatic rings. The molecule has 0 saturated heterocycles. The van der Waals surface area contributed by atoms with Gasteiger partial charge in [0.1, 0.15) is 6.54 Å². The summed E-state index contributed by atoms with van der Waals surface area (Å²) in [5.74, 6) is -0.155. The van der Waals surface area contributed by atoms with Crippen molar-refractivity contribution in [3.63, 3.8) is 0 Å². The first-order valence-electron chi connectivity index (χ1n) is 9.25. The Kier molecular flexibility index (Phi) is 7.83. The Hall–Kier alpha value is -2.12. The van der Waals surface area contributed by atoms with Crippen molar-refractivity contribution in [1.82, 2.24) is 10.6 Å². The van der Waals surface area contributed by atoms with Crippen LogP contribution < -0.4 is 15.5 Å². The molecule has 1 heterocycles. The highest BCUT2D eigenvalue weighted by molar-refractivity contribution is 6.42. The van der Waals surface area contributed by atoms with Gasteiger partial charge in [-0.1, -0.05) is 37.0 Å². The molecule has 28 heavy (non-hydrogen) atoms. The van der Waals surface area contributed by atoms with Crippen molar-refractivity contribution in [2.75, 3.05) is 11.4 Å². The van der Waals surface area contributed by atoms with E-state index in [0.29, 0.717) is 28.6 Å². The van der Waals surface area contributed by atoms with Gasteiger partial charge in [0.2, 0.25) is 11.9 Å². The Labute approximate surface area is 175 Å². The first-order chi connectivity index (χ1) is 13.2. The molecule has 0 atom stereocenters. The lowest BCUT2D eigenvalue weighted by atomic mass is 10.0. The van der Waals surface area contributed by atoms with Gasteiger partial charge in [-0.15, -0.1) is 0 Å². The molecule has 9 heteroatoms. The number of nitrogens with one attached hydrogen (secondary N) is 2. The molecule has 0 spiro atoms. The molecule has 0 bridgehead atoms. The zero-order valence-corrected chi connectivity index (χ0v) is 17.9. The maximum Gasteiger partial charge on any atom is 0.268 e. The Balaban J connectivity index is 2.29. The molecule has 2 rings (SSSR count). The van der Waals surface area contributed by atoms with E-state index in [9.17, 15) is 9.59 Å². The van der Waals surface area contributed by atoms with Crippen molar-refractivity contribution < 1.29 is 9.59 Å². The Morgan fingerprint density at radius 3 is 2.50 bits per heavy atom. The molecule has 0 unspecified atom stereocenters. The molecule has 2 N–H and O–H groups in total. The summed E-state index contributed by atoms with van der Waals surface area (Å²) in [6, 6.07) is 5.07. The van der Waals surface area contributed by atoms with Crippen LogP contribution in [0.2, 0.25) is 10.0 Å². The fraction of sp³-hybridized carbons (Fsp3) is 0.474. The van der Waals surface area contributed by atoms with Crippen LogP contribution in [0.25, 0.3) is 0 Å². The Morgan fingerprint density at radius 1 is 1.25 bits per heavy atom. The van der Waals surface area contributed by atoms with Crippen LogP contribution in [0.5, 0.6) is 0 Å². The molecule has 0 radical (unpaired) electrons. The summed E-state index contributed by atoms with van der Waals surface area (Å²) in [5, 5.41) is 6.88. The molecule has 152 valence electrons. The van der Waals surface area contributed by atoms with Gasteiger partial charge in [-0.25, -0.2) is 0 Å². The maximum absolute atomic E-state index is 12.4. The SMILES string of the molecule is CCC(CC)C(=O)/N=C(/NC1=NC(=O)CN1c1ccc(Cl)c(Cl)c1)NC(C)C. The standard InChI is InChI=1S/C19H25Cl2N5O2/c1-5-12(6-2)17(28)24-18(22-11(3)4)25-19-23-16(27)10-26(19)13-7-8-14(20)15(21)9-13/h7-9,11-12H,5-6,10H2,1-4H3,(H2,22,23,24,25,27,28). The highest BCUT2D eigenvalue weighted by Crippen LogP contribution is 2.28. The summed E-state index contributed by atoms with van der Waals surface area (Å²) in [5.41, 5.74) is 0.654. The third kappa shape index (κ3) is 5.69. The summed E-state index contributed by atoms with van der Waals surface area (Å²) < 4.78 is 0. The number of benzene rings is 1. The van der Waals surface area contributed by atoms with Crippen LogP contribution in [-0.2, 0) is 9.59 Å². The van der Waals surface area contributed by atoms with E-state index in [-0.39, 0.29) is 42.2 Å². The molecule has 0 aromatic heterocycles. The van der Waals surface area contributed by atoms with Crippen LogP contribution in [0, 0.1) is 5.92 Å². The van der Waals surface area contributed by atoms with Gasteiger partial charge in [0.15, 0.2) is 0 Å². The Morgan fingerprint density at radius 2 is 1.93 bits per heavy atom. The molecule has 2 amide bonds. The van der Waals surface area contributed by atoms with Crippen LogP contribution in [0.1, 0.15) is 40.5 Å². The molecule has 1 aromatic rings. The quantitative estimate of drug-likeness (QED) is 0.555. The fourth-order valence-corrected chi connectivity index (χ4v) is 2.99. The monoisotopic (exact) mass is 425 g/mol. The third-order valence-electron chi connectivity index (χ3n) is 4.21. The van der Waals surface area contributed by atoms with E-state index in [1.807, 2.05) is 27.7 Å². The van der Waals surface area contributed by atoms with Gasteiger partial charge in [0.05, 0.1) is 10.0 Å². The van der Waals surface area contributed by atoms with Gasteiger partial charge < -0.3 is 10.2 Å². The Bertz CT molecular complexity index is 804. The number of aliphatic imine (C=N–C) groups is 2. The van der Waals surface area contributed by atoms with Gasteiger partial charge in [-0.3, -0.25) is 14.9 Å². The van der Waals surface area contributed by atoms with Crippen LogP contribution in [0.4, 0.5) is 5.69 Å². The molecule has 7 nitrogen and oxygen atoms in total. The van der Waals surface area contributed by atoms with Crippen molar-refractivity contribution >= 4 is 52.6 Å². The van der Waals surface area contributed by atoms with E-state index >= 15 is 0 Å². The van der Waals surface area contributed by atoms with Crippen LogP contribution in [0.3, 0.4) is 0 Å². The van der Waals surface area contributed by atoms with Crippen LogP contribution in [-0.4, -0.2) is 36.3 Å². The molecule has 0 aliphatic carbocycles. The van der Waals surface area contributed by atoms with E-state index in [1.54, 1.807) is 23.1 Å². The lowest BCUT2D eigenvalue weighted by Gasteiger charge is -2.22. The fourth-order valence-electron chi connectivity index (χ4n) is 2.70. The molecule has 1 aromatic carbocycles. The highest BCUT2D eigenvalue weighted by Gasteiger charge is 2.27. The summed E-state index contributed by atoms with van der Waals surface area (Å²) in [7, 11) is 0. The predicted molar refractivity (Wildman–Crippen MR) is 114 cm³/mol. The summed E-state index contributed by atoms with van der Waals surface area (Å²) in [6.07, 6.45) is 1.42. The van der Waals surface area contributed by atoms with E-state index in [2.05, 4.69) is 20.6 Å². The van der Waals surface area contributed by atoms with Gasteiger partial charge in [0, 0.05) is 17.6 Å². The number of rotatable bonds is 5. The minimum Gasteiger partial charge on any atom is -0.353 e. The molecular formula is C19H25Cl2N5O2. The molecule has 0 fully saturated rings. The number of guanidine groups is 2. The first kappa shape index (κ1) is 22.2. The van der Waals surface area contributed by atoms with Gasteiger partial charge >= 0.3 is 0 Å². The normalized spacial score (nSPS) is 14.7. The number of amides is 2. The van der Waals surface area contributed by atoms with Crippen molar-refractivity contribution in [2.45, 2.75) is 46.6 Å². The van der Waals surface area contributed by atoms with E-state index in [0.717, 1.165) is 0 Å². The topological polar surface area (TPSA) is 86.2 Å². The van der Waals surface area contributed by atoms with Crippen molar-refractivity contribution in [1.29, 1.82) is 0 Å². The molecular weight excluding hydrogens is 401 g/mol. The number of halogens is 2. The van der Waals surface area contributed by atoms with Gasteiger partial charge in [0.25, 0.3) is 11.8 Å². The zero-order chi connectivity index (χ0) is 20.8. The number of carbonyl (C=O) groups excluding carboxylic acids is 2. The second-order valence-electron chi connectivity index (χ2n) is 6.75.